The first-order chi connectivity index (χ1) is 24.9. The normalized spacial score (nSPS) is 10.5. The lowest BCUT2D eigenvalue weighted by atomic mass is 10.1. The summed E-state index contributed by atoms with van der Waals surface area (Å²) in [6, 6.07) is 15.3. The van der Waals surface area contributed by atoms with E-state index in [0.717, 1.165) is 16.7 Å². The van der Waals surface area contributed by atoms with Gasteiger partial charge in [0.05, 0.1) is 35.4 Å². The van der Waals surface area contributed by atoms with Gasteiger partial charge in [0.1, 0.15) is 19.0 Å². The van der Waals surface area contributed by atoms with E-state index in [4.69, 9.17) is 54.5 Å². The SMILES string of the molecule is CC(=O)Nc1cc(C)cc(COc2c(Cl)cc(CCC(=O)O)cc2Cl)c1F.CC(=O)Nc1cccc(COc2c(Br)cc(CCC(=O)O)cc2Br)c1Cl. The fourth-order valence-electron chi connectivity index (χ4n) is 4.80. The number of aliphatic carboxylic acids is 2. The minimum Gasteiger partial charge on any atom is -0.486 e. The van der Waals surface area contributed by atoms with Crippen molar-refractivity contribution in [2.24, 2.45) is 0 Å². The molecule has 10 nitrogen and oxygen atoms in total. The molecule has 2 amide bonds. The summed E-state index contributed by atoms with van der Waals surface area (Å²) in [6.45, 7) is 4.54. The van der Waals surface area contributed by atoms with E-state index >= 15 is 0 Å². The summed E-state index contributed by atoms with van der Waals surface area (Å²) < 4.78 is 27.4. The van der Waals surface area contributed by atoms with Crippen molar-refractivity contribution in [1.29, 1.82) is 0 Å². The molecule has 4 rings (SSSR count). The monoisotopic (exact) mass is 916 g/mol. The van der Waals surface area contributed by atoms with Crippen molar-refractivity contribution in [3.8, 4) is 11.5 Å². The van der Waals surface area contributed by atoms with E-state index in [0.29, 0.717) is 37.4 Å². The Labute approximate surface area is 337 Å². The van der Waals surface area contributed by atoms with Crippen LogP contribution in [0.15, 0.2) is 63.5 Å². The van der Waals surface area contributed by atoms with Crippen molar-refractivity contribution >= 4 is 102 Å². The Morgan fingerprint density at radius 2 is 1.21 bits per heavy atom. The van der Waals surface area contributed by atoms with Gasteiger partial charge in [-0.3, -0.25) is 19.2 Å². The molecule has 0 bridgehead atoms. The smallest absolute Gasteiger partial charge is 0.303 e. The van der Waals surface area contributed by atoms with E-state index in [-0.39, 0.29) is 71.3 Å². The van der Waals surface area contributed by atoms with E-state index in [1.165, 1.54) is 19.9 Å². The molecule has 0 atom stereocenters. The largest absolute Gasteiger partial charge is 0.486 e. The molecule has 0 saturated carbocycles. The van der Waals surface area contributed by atoms with Gasteiger partial charge in [-0.1, -0.05) is 46.9 Å². The van der Waals surface area contributed by atoms with E-state index in [1.54, 1.807) is 37.3 Å². The summed E-state index contributed by atoms with van der Waals surface area (Å²) in [6.07, 6.45) is 0.719. The highest BCUT2D eigenvalue weighted by molar-refractivity contribution is 9.11. The topological polar surface area (TPSA) is 151 Å². The second-order valence-corrected chi connectivity index (χ2v) is 14.5. The Bertz CT molecular complexity index is 1970. The number of carboxylic acid groups (broad SMARTS) is 2. The molecule has 0 aliphatic heterocycles. The number of anilines is 2. The van der Waals surface area contributed by atoms with Crippen LogP contribution in [0.1, 0.15) is 54.5 Å². The number of carbonyl (C=O) groups excluding carboxylic acids is 2. The summed E-state index contributed by atoms with van der Waals surface area (Å²) >= 11 is 25.6. The van der Waals surface area contributed by atoms with Gasteiger partial charge in [-0.15, -0.1) is 0 Å². The van der Waals surface area contributed by atoms with Crippen LogP contribution in [0.3, 0.4) is 0 Å². The second kappa shape index (κ2) is 20.5. The minimum absolute atomic E-state index is 0.0483. The number of hydrogen-bond donors (Lipinski definition) is 4. The highest BCUT2D eigenvalue weighted by Crippen LogP contribution is 2.37. The molecule has 0 fully saturated rings. The maximum absolute atomic E-state index is 14.5. The Kier molecular flexibility index (Phi) is 16.9. The van der Waals surface area contributed by atoms with Crippen LogP contribution in [0.4, 0.5) is 15.8 Å². The first-order valence-corrected chi connectivity index (χ1v) is 18.4. The summed E-state index contributed by atoms with van der Waals surface area (Å²) in [4.78, 5) is 43.8. The zero-order chi connectivity index (χ0) is 39.4. The molecule has 16 heteroatoms. The Morgan fingerprint density at radius 1 is 0.717 bits per heavy atom. The number of rotatable bonds is 14. The van der Waals surface area contributed by atoms with Gasteiger partial charge in [0, 0.05) is 37.8 Å². The minimum atomic E-state index is -0.924. The van der Waals surface area contributed by atoms with Crippen molar-refractivity contribution in [3.63, 3.8) is 0 Å². The summed E-state index contributed by atoms with van der Waals surface area (Å²) in [7, 11) is 0. The molecule has 282 valence electrons. The summed E-state index contributed by atoms with van der Waals surface area (Å²) in [5.41, 5.74) is 3.86. The zero-order valence-corrected chi connectivity index (χ0v) is 34.0. The molecule has 0 heterocycles. The molecule has 4 N–H and O–H groups in total. The molecule has 0 aromatic heterocycles. The van der Waals surface area contributed by atoms with Crippen LogP contribution in [0, 0.1) is 12.7 Å². The van der Waals surface area contributed by atoms with Crippen molar-refractivity contribution in [3.05, 3.63) is 112 Å². The summed E-state index contributed by atoms with van der Waals surface area (Å²) in [5.74, 6) is -2.17. The van der Waals surface area contributed by atoms with Crippen molar-refractivity contribution in [2.45, 2.75) is 59.7 Å². The molecule has 0 aliphatic rings. The lowest BCUT2D eigenvalue weighted by molar-refractivity contribution is -0.138. The number of nitrogens with one attached hydrogen (secondary N) is 2. The lowest BCUT2D eigenvalue weighted by Crippen LogP contribution is -2.10. The van der Waals surface area contributed by atoms with E-state index in [1.807, 2.05) is 18.2 Å². The molecule has 0 saturated heterocycles. The van der Waals surface area contributed by atoms with Crippen LogP contribution < -0.4 is 20.1 Å². The summed E-state index contributed by atoms with van der Waals surface area (Å²) in [5, 5.41) is 23.5. The van der Waals surface area contributed by atoms with E-state index in [9.17, 15) is 23.6 Å². The predicted octanol–water partition coefficient (Wildman–Crippen LogP) is 10.4. The molecule has 0 unspecified atom stereocenters. The number of carbonyl (C=O) groups is 4. The van der Waals surface area contributed by atoms with Gasteiger partial charge in [-0.05, 0) is 111 Å². The highest BCUT2D eigenvalue weighted by atomic mass is 79.9. The van der Waals surface area contributed by atoms with Gasteiger partial charge in [0.15, 0.2) is 11.6 Å². The van der Waals surface area contributed by atoms with Gasteiger partial charge in [0.25, 0.3) is 0 Å². The first kappa shape index (κ1) is 43.5. The Hall–Kier alpha value is -3.88. The average Bonchev–Trinajstić information content (AvgIpc) is 3.05. The number of benzene rings is 4. The number of amides is 2. The van der Waals surface area contributed by atoms with Crippen LogP contribution in [0.2, 0.25) is 15.1 Å². The van der Waals surface area contributed by atoms with Gasteiger partial charge in [0.2, 0.25) is 11.8 Å². The third-order valence-electron chi connectivity index (χ3n) is 7.11. The van der Waals surface area contributed by atoms with Crippen LogP contribution in [-0.2, 0) is 45.2 Å². The second-order valence-electron chi connectivity index (χ2n) is 11.6. The Morgan fingerprint density at radius 3 is 1.74 bits per heavy atom. The molecule has 0 aliphatic carbocycles. The zero-order valence-electron chi connectivity index (χ0n) is 28.6. The van der Waals surface area contributed by atoms with E-state index < -0.39 is 17.8 Å². The van der Waals surface area contributed by atoms with Crippen LogP contribution in [0.25, 0.3) is 0 Å². The number of carboxylic acids is 2. The maximum Gasteiger partial charge on any atom is 0.303 e. The molecule has 4 aromatic rings. The fourth-order valence-corrected chi connectivity index (χ4v) is 7.18. The maximum atomic E-state index is 14.5. The standard InChI is InChI=1S/C19H18Cl2FNO4.C18H16Br2ClNO4/c1-10-5-13(18(22)16(6-10)23-11(2)24)9-27-19-14(20)7-12(8-15(19)21)3-4-17(25)26;1-10(23)22-15-4-2-3-12(17(15)21)9-26-18-13(19)7-11(8-14(18)20)5-6-16(24)25/h5-8H,3-4,9H2,1-2H3,(H,23,24)(H,25,26);2-4,7-8H,5-6,9H2,1H3,(H,22,23)(H,24,25). The average molecular weight is 920 g/mol. The quantitative estimate of drug-likeness (QED) is 0.0976. The molecule has 0 spiro atoms. The molecule has 53 heavy (non-hydrogen) atoms. The van der Waals surface area contributed by atoms with Crippen molar-refractivity contribution in [1.82, 2.24) is 0 Å². The highest BCUT2D eigenvalue weighted by Gasteiger charge is 2.16. The first-order valence-electron chi connectivity index (χ1n) is 15.7. The number of ether oxygens (including phenoxy) is 2. The Balaban J connectivity index is 0.000000286. The fraction of sp³-hybridized carbons (Fsp3) is 0.243. The van der Waals surface area contributed by atoms with Gasteiger partial charge >= 0.3 is 11.9 Å². The third kappa shape index (κ3) is 13.8. The molecule has 0 radical (unpaired) electrons. The molecular formula is C37H34Br2Cl3FN2O8. The predicted molar refractivity (Wildman–Crippen MR) is 210 cm³/mol. The number of hydrogen-bond acceptors (Lipinski definition) is 6. The van der Waals surface area contributed by atoms with E-state index in [2.05, 4.69) is 42.5 Å². The van der Waals surface area contributed by atoms with Crippen molar-refractivity contribution in [2.75, 3.05) is 10.6 Å². The van der Waals surface area contributed by atoms with Crippen molar-refractivity contribution < 1.29 is 43.3 Å². The molecular weight excluding hydrogens is 886 g/mol. The van der Waals surface area contributed by atoms with Gasteiger partial charge in [-0.25, -0.2) is 4.39 Å². The lowest BCUT2D eigenvalue weighted by Gasteiger charge is -2.14. The van der Waals surface area contributed by atoms with Crippen LogP contribution in [0.5, 0.6) is 11.5 Å². The van der Waals surface area contributed by atoms with Crippen LogP contribution in [-0.4, -0.2) is 34.0 Å². The molecule has 4 aromatic carbocycles. The van der Waals surface area contributed by atoms with Gasteiger partial charge < -0.3 is 30.3 Å². The number of halogens is 6. The van der Waals surface area contributed by atoms with Gasteiger partial charge in [-0.2, -0.15) is 0 Å². The van der Waals surface area contributed by atoms with Crippen LogP contribution >= 0.6 is 66.7 Å². The third-order valence-corrected chi connectivity index (χ3v) is 9.29. The number of aryl methyl sites for hydroxylation is 3.